The summed E-state index contributed by atoms with van der Waals surface area (Å²) < 4.78 is 4.92. The van der Waals surface area contributed by atoms with Gasteiger partial charge in [0.05, 0.1) is 7.11 Å². The zero-order chi connectivity index (χ0) is 14.3. The molecule has 0 saturated carbocycles. The van der Waals surface area contributed by atoms with E-state index in [0.717, 1.165) is 18.8 Å². The third-order valence-corrected chi connectivity index (χ3v) is 3.21. The summed E-state index contributed by atoms with van der Waals surface area (Å²) in [5.74, 6) is -0.233. The number of likely N-dealkylation sites (N-methyl/N-ethyl adjacent to an activating group) is 2. The third-order valence-electron chi connectivity index (χ3n) is 3.21. The largest absolute Gasteiger partial charge is 0.468 e. The fourth-order valence-corrected chi connectivity index (χ4v) is 2.21. The van der Waals surface area contributed by atoms with E-state index in [1.165, 1.54) is 7.11 Å². The molecule has 1 rings (SSSR count). The molecule has 0 fully saturated rings. The standard InChI is InChI=1S/C15H24N2O2/c1-5-16-15(3,14(18)19-4)12-17(6-2)13-10-8-7-9-11-13/h7-11,16H,5-6,12H2,1-4H3. The Hall–Kier alpha value is -1.55. The van der Waals surface area contributed by atoms with Crippen molar-refractivity contribution in [3.63, 3.8) is 0 Å². The van der Waals surface area contributed by atoms with Crippen LogP contribution in [0.1, 0.15) is 20.8 Å². The van der Waals surface area contributed by atoms with Crippen LogP contribution in [0.5, 0.6) is 0 Å². The lowest BCUT2D eigenvalue weighted by Gasteiger charge is -2.34. The Balaban J connectivity index is 2.90. The average Bonchev–Trinajstić information content (AvgIpc) is 2.45. The van der Waals surface area contributed by atoms with Crippen LogP contribution >= 0.6 is 0 Å². The first-order valence-corrected chi connectivity index (χ1v) is 6.70. The van der Waals surface area contributed by atoms with Gasteiger partial charge >= 0.3 is 5.97 Å². The van der Waals surface area contributed by atoms with Crippen LogP contribution in [0.15, 0.2) is 30.3 Å². The topological polar surface area (TPSA) is 41.6 Å². The Kier molecular flexibility index (Phi) is 5.83. The number of ether oxygens (including phenoxy) is 1. The molecule has 19 heavy (non-hydrogen) atoms. The molecule has 0 radical (unpaired) electrons. The van der Waals surface area contributed by atoms with Crippen molar-refractivity contribution in [1.82, 2.24) is 5.32 Å². The van der Waals surface area contributed by atoms with Gasteiger partial charge in [-0.3, -0.25) is 0 Å². The lowest BCUT2D eigenvalue weighted by molar-refractivity contribution is -0.147. The van der Waals surface area contributed by atoms with Crippen molar-refractivity contribution in [3.8, 4) is 0 Å². The first-order chi connectivity index (χ1) is 9.07. The SMILES string of the molecule is CCNC(C)(CN(CC)c1ccccc1)C(=O)OC. The summed E-state index contributed by atoms with van der Waals surface area (Å²) in [6.45, 7) is 8.08. The van der Waals surface area contributed by atoms with Gasteiger partial charge in [0, 0.05) is 18.8 Å². The van der Waals surface area contributed by atoms with E-state index in [-0.39, 0.29) is 5.97 Å². The van der Waals surface area contributed by atoms with Gasteiger partial charge in [-0.1, -0.05) is 25.1 Å². The second-order valence-corrected chi connectivity index (χ2v) is 4.70. The van der Waals surface area contributed by atoms with E-state index in [9.17, 15) is 4.79 Å². The highest BCUT2D eigenvalue weighted by Gasteiger charge is 2.35. The number of hydrogen-bond donors (Lipinski definition) is 1. The van der Waals surface area contributed by atoms with Crippen LogP contribution in [0, 0.1) is 0 Å². The minimum Gasteiger partial charge on any atom is -0.468 e. The lowest BCUT2D eigenvalue weighted by Crippen LogP contribution is -2.57. The van der Waals surface area contributed by atoms with Gasteiger partial charge in [0.1, 0.15) is 5.54 Å². The van der Waals surface area contributed by atoms with Gasteiger partial charge in [0.2, 0.25) is 0 Å². The number of esters is 1. The van der Waals surface area contributed by atoms with Crippen LogP contribution in [0.4, 0.5) is 5.69 Å². The molecule has 106 valence electrons. The van der Waals surface area contributed by atoms with Gasteiger partial charge < -0.3 is 15.0 Å². The fourth-order valence-electron chi connectivity index (χ4n) is 2.21. The smallest absolute Gasteiger partial charge is 0.327 e. The zero-order valence-corrected chi connectivity index (χ0v) is 12.3. The van der Waals surface area contributed by atoms with Crippen LogP contribution in [0.3, 0.4) is 0 Å². The van der Waals surface area contributed by atoms with Gasteiger partial charge in [-0.05, 0) is 32.5 Å². The van der Waals surface area contributed by atoms with Crippen LogP contribution in [-0.4, -0.2) is 38.3 Å². The maximum atomic E-state index is 12.0. The Bertz CT molecular complexity index is 394. The number of para-hydroxylation sites is 1. The quantitative estimate of drug-likeness (QED) is 0.765. The van der Waals surface area contributed by atoms with Crippen molar-refractivity contribution in [1.29, 1.82) is 0 Å². The first kappa shape index (κ1) is 15.5. The van der Waals surface area contributed by atoms with Crippen LogP contribution in [0.2, 0.25) is 0 Å². The van der Waals surface area contributed by atoms with E-state index < -0.39 is 5.54 Å². The second-order valence-electron chi connectivity index (χ2n) is 4.70. The highest BCUT2D eigenvalue weighted by atomic mass is 16.5. The molecule has 1 unspecified atom stereocenters. The van der Waals surface area contributed by atoms with Crippen LogP contribution in [-0.2, 0) is 9.53 Å². The van der Waals surface area contributed by atoms with Crippen LogP contribution < -0.4 is 10.2 Å². The molecule has 0 spiro atoms. The molecule has 0 aromatic heterocycles. The lowest BCUT2D eigenvalue weighted by atomic mass is 10.0. The minimum atomic E-state index is -0.699. The summed E-state index contributed by atoms with van der Waals surface area (Å²) in [6, 6.07) is 10.1. The van der Waals surface area contributed by atoms with E-state index in [1.807, 2.05) is 44.2 Å². The summed E-state index contributed by atoms with van der Waals surface area (Å²) in [5, 5.41) is 3.23. The Morgan fingerprint density at radius 2 is 1.95 bits per heavy atom. The number of rotatable bonds is 7. The summed E-state index contributed by atoms with van der Waals surface area (Å²) in [6.07, 6.45) is 0. The molecular weight excluding hydrogens is 240 g/mol. The monoisotopic (exact) mass is 264 g/mol. The molecule has 0 aliphatic carbocycles. The van der Waals surface area contributed by atoms with E-state index in [2.05, 4.69) is 17.1 Å². The first-order valence-electron chi connectivity index (χ1n) is 6.70. The predicted octanol–water partition coefficient (Wildman–Crippen LogP) is 2.05. The van der Waals surface area contributed by atoms with Gasteiger partial charge in [0.25, 0.3) is 0 Å². The second kappa shape index (κ2) is 7.14. The Morgan fingerprint density at radius 3 is 2.42 bits per heavy atom. The van der Waals surface area contributed by atoms with Crippen molar-refractivity contribution in [3.05, 3.63) is 30.3 Å². The summed E-state index contributed by atoms with van der Waals surface area (Å²) in [4.78, 5) is 14.2. The van der Waals surface area contributed by atoms with Crippen molar-refractivity contribution in [2.24, 2.45) is 0 Å². The number of benzene rings is 1. The number of carbonyl (C=O) groups excluding carboxylic acids is 1. The Morgan fingerprint density at radius 1 is 1.32 bits per heavy atom. The van der Waals surface area contributed by atoms with E-state index in [4.69, 9.17) is 4.74 Å². The number of nitrogens with one attached hydrogen (secondary N) is 1. The molecule has 0 saturated heterocycles. The van der Waals surface area contributed by atoms with Crippen LogP contribution in [0.25, 0.3) is 0 Å². The molecule has 4 heteroatoms. The van der Waals surface area contributed by atoms with E-state index in [0.29, 0.717) is 6.54 Å². The number of methoxy groups -OCH3 is 1. The van der Waals surface area contributed by atoms with Crippen molar-refractivity contribution in [2.45, 2.75) is 26.3 Å². The molecule has 1 N–H and O–H groups in total. The zero-order valence-electron chi connectivity index (χ0n) is 12.3. The summed E-state index contributed by atoms with van der Waals surface area (Å²) >= 11 is 0. The molecule has 1 aromatic carbocycles. The molecule has 1 atom stereocenters. The average molecular weight is 264 g/mol. The molecule has 0 amide bonds. The highest BCUT2D eigenvalue weighted by molar-refractivity contribution is 5.81. The molecule has 0 aliphatic heterocycles. The normalized spacial score (nSPS) is 13.7. The number of hydrogen-bond acceptors (Lipinski definition) is 4. The number of nitrogens with zero attached hydrogens (tertiary/aromatic N) is 1. The van der Waals surface area contributed by atoms with Gasteiger partial charge in [-0.15, -0.1) is 0 Å². The fraction of sp³-hybridized carbons (Fsp3) is 0.533. The highest BCUT2D eigenvalue weighted by Crippen LogP contribution is 2.17. The summed E-state index contributed by atoms with van der Waals surface area (Å²) in [5.41, 5.74) is 0.410. The van der Waals surface area contributed by atoms with Gasteiger partial charge in [0.15, 0.2) is 0 Å². The molecule has 4 nitrogen and oxygen atoms in total. The molecular formula is C15H24N2O2. The summed E-state index contributed by atoms with van der Waals surface area (Å²) in [7, 11) is 1.43. The van der Waals surface area contributed by atoms with Crippen molar-refractivity contribution in [2.75, 3.05) is 31.6 Å². The van der Waals surface area contributed by atoms with Gasteiger partial charge in [-0.25, -0.2) is 4.79 Å². The van der Waals surface area contributed by atoms with Crippen molar-refractivity contribution >= 4 is 11.7 Å². The number of carbonyl (C=O) groups is 1. The predicted molar refractivity (Wildman–Crippen MR) is 78.4 cm³/mol. The van der Waals surface area contributed by atoms with E-state index in [1.54, 1.807) is 0 Å². The maximum Gasteiger partial charge on any atom is 0.327 e. The maximum absolute atomic E-state index is 12.0. The third kappa shape index (κ3) is 3.96. The van der Waals surface area contributed by atoms with Gasteiger partial charge in [-0.2, -0.15) is 0 Å². The molecule has 0 aliphatic rings. The minimum absolute atomic E-state index is 0.233. The number of anilines is 1. The molecule has 0 bridgehead atoms. The Labute approximate surface area is 115 Å². The van der Waals surface area contributed by atoms with Crippen molar-refractivity contribution < 1.29 is 9.53 Å². The van der Waals surface area contributed by atoms with E-state index >= 15 is 0 Å². The molecule has 1 aromatic rings. The molecule has 0 heterocycles.